The lowest BCUT2D eigenvalue weighted by Gasteiger charge is -2.23. The number of aromatic nitrogens is 1. The average Bonchev–Trinajstić information content (AvgIpc) is 3.72. The number of esters is 1. The number of benzene rings is 2. The number of halogens is 5. The smallest absolute Gasteiger partial charge is 0.387 e. The minimum atomic E-state index is -3.12. The van der Waals surface area contributed by atoms with E-state index in [-0.39, 0.29) is 62.9 Å². The standard InChI is InChI=1S/C28H21Cl2F3N2O7/c29-19-10-34(39)11-20(30)18(19)9-23(15-3-6-22(42-28(32)33)24(7-15)40-13-14-1-2-14)41-25(36)12-35-21-8-16(31)4-5-17(21)26(37)27(35)38/h3-8,10-11,14,23,28H,1-2,9,12-13H2/t23-/m0/s1. The van der Waals surface area contributed by atoms with Gasteiger partial charge in [-0.25, -0.2) is 4.39 Å². The maximum atomic E-state index is 13.9. The number of alkyl halides is 2. The second kappa shape index (κ2) is 12.1. The largest absolute Gasteiger partial charge is 0.619 e. The zero-order chi connectivity index (χ0) is 30.1. The van der Waals surface area contributed by atoms with E-state index in [1.165, 1.54) is 18.2 Å². The summed E-state index contributed by atoms with van der Waals surface area (Å²) in [6, 6.07) is 7.08. The summed E-state index contributed by atoms with van der Waals surface area (Å²) in [5, 5.41) is 11.7. The molecule has 1 atom stereocenters. The zero-order valence-electron chi connectivity index (χ0n) is 21.5. The fourth-order valence-electron chi connectivity index (χ4n) is 4.41. The van der Waals surface area contributed by atoms with Crippen molar-refractivity contribution in [3.63, 3.8) is 0 Å². The number of nitrogens with zero attached hydrogens (tertiary/aromatic N) is 2. The molecular weight excluding hydrogens is 604 g/mol. The van der Waals surface area contributed by atoms with Crippen molar-refractivity contribution in [2.45, 2.75) is 32.0 Å². The van der Waals surface area contributed by atoms with Crippen molar-refractivity contribution in [1.29, 1.82) is 0 Å². The molecule has 2 aliphatic rings. The second-order valence-corrected chi connectivity index (χ2v) is 10.5. The summed E-state index contributed by atoms with van der Waals surface area (Å²) < 4.78 is 56.4. The minimum Gasteiger partial charge on any atom is -0.619 e. The Morgan fingerprint density at radius 2 is 1.79 bits per heavy atom. The van der Waals surface area contributed by atoms with E-state index in [4.69, 9.17) is 32.7 Å². The molecule has 14 heteroatoms. The molecule has 2 heterocycles. The van der Waals surface area contributed by atoms with Crippen molar-refractivity contribution in [3.8, 4) is 11.5 Å². The number of fused-ring (bicyclic) bond motifs is 1. The van der Waals surface area contributed by atoms with Gasteiger partial charge in [0.15, 0.2) is 23.9 Å². The van der Waals surface area contributed by atoms with Crippen molar-refractivity contribution in [3.05, 3.63) is 86.6 Å². The molecule has 0 unspecified atom stereocenters. The molecule has 0 bridgehead atoms. The number of pyridine rings is 1. The maximum Gasteiger partial charge on any atom is 0.387 e. The van der Waals surface area contributed by atoms with Crippen molar-refractivity contribution in [1.82, 2.24) is 0 Å². The van der Waals surface area contributed by atoms with Crippen LogP contribution >= 0.6 is 23.2 Å². The van der Waals surface area contributed by atoms with E-state index >= 15 is 0 Å². The van der Waals surface area contributed by atoms with Gasteiger partial charge in [-0.15, -0.1) is 0 Å². The fraction of sp³-hybridized carbons (Fsp3) is 0.286. The van der Waals surface area contributed by atoms with Crippen molar-refractivity contribution in [2.75, 3.05) is 18.1 Å². The molecule has 5 rings (SSSR count). The van der Waals surface area contributed by atoms with Crippen LogP contribution in [0.4, 0.5) is 18.9 Å². The van der Waals surface area contributed by atoms with E-state index in [9.17, 15) is 32.8 Å². The van der Waals surface area contributed by atoms with Crippen LogP contribution in [-0.4, -0.2) is 37.4 Å². The van der Waals surface area contributed by atoms with Gasteiger partial charge in [0.1, 0.15) is 28.5 Å². The summed E-state index contributed by atoms with van der Waals surface area (Å²) in [7, 11) is 0. The third-order valence-corrected chi connectivity index (χ3v) is 7.32. The van der Waals surface area contributed by atoms with Gasteiger partial charge in [0.2, 0.25) is 0 Å². The highest BCUT2D eigenvalue weighted by atomic mass is 35.5. The fourth-order valence-corrected chi connectivity index (χ4v) is 5.01. The SMILES string of the molecule is O=C(CN1C(=O)C(=O)c2ccc(F)cc21)O[C@@H](Cc1c(Cl)c[n+]([O-])cc1Cl)c1ccc(OC(F)F)c(OCC2CC2)c1. The number of anilines is 1. The monoisotopic (exact) mass is 624 g/mol. The number of Topliss-reactive ketones (excluding diaryl/α,β-unsaturated/α-hetero) is 1. The van der Waals surface area contributed by atoms with E-state index in [0.29, 0.717) is 4.73 Å². The number of carbonyl (C=O) groups is 3. The van der Waals surface area contributed by atoms with Crippen LogP contribution in [0.3, 0.4) is 0 Å². The minimum absolute atomic E-state index is 0.0203. The quantitative estimate of drug-likeness (QED) is 0.125. The molecule has 1 aliphatic heterocycles. The molecule has 220 valence electrons. The van der Waals surface area contributed by atoms with Gasteiger partial charge >= 0.3 is 12.6 Å². The van der Waals surface area contributed by atoms with E-state index in [1.54, 1.807) is 0 Å². The summed E-state index contributed by atoms with van der Waals surface area (Å²) >= 11 is 12.5. The number of carbonyl (C=O) groups excluding carboxylic acids is 3. The van der Waals surface area contributed by atoms with Gasteiger partial charge in [0.05, 0.1) is 17.9 Å². The van der Waals surface area contributed by atoms with Crippen LogP contribution in [0.1, 0.15) is 40.4 Å². The lowest BCUT2D eigenvalue weighted by molar-refractivity contribution is -0.605. The summed E-state index contributed by atoms with van der Waals surface area (Å²) in [5.41, 5.74) is 0.344. The number of amides is 1. The molecule has 1 aromatic heterocycles. The predicted octanol–water partition coefficient (Wildman–Crippen LogP) is 5.21. The Balaban J connectivity index is 1.46. The van der Waals surface area contributed by atoms with Gasteiger partial charge in [0, 0.05) is 12.0 Å². The van der Waals surface area contributed by atoms with Gasteiger partial charge in [-0.05, 0) is 54.7 Å². The molecular formula is C28H21Cl2F3N2O7. The molecule has 9 nitrogen and oxygen atoms in total. The van der Waals surface area contributed by atoms with E-state index in [2.05, 4.69) is 4.74 Å². The Morgan fingerprint density at radius 3 is 2.45 bits per heavy atom. The average molecular weight is 625 g/mol. The Labute approximate surface area is 246 Å². The lowest BCUT2D eigenvalue weighted by atomic mass is 10.0. The molecule has 1 saturated carbocycles. The number of hydrogen-bond donors (Lipinski definition) is 0. The highest BCUT2D eigenvalue weighted by Gasteiger charge is 2.38. The third kappa shape index (κ3) is 6.55. The van der Waals surface area contributed by atoms with E-state index in [0.717, 1.165) is 48.3 Å². The van der Waals surface area contributed by atoms with Crippen LogP contribution in [0.2, 0.25) is 10.0 Å². The molecule has 1 fully saturated rings. The number of ether oxygens (including phenoxy) is 3. The second-order valence-electron chi connectivity index (χ2n) is 9.70. The van der Waals surface area contributed by atoms with Gasteiger partial charge in [-0.3, -0.25) is 19.3 Å². The zero-order valence-corrected chi connectivity index (χ0v) is 23.0. The Morgan fingerprint density at radius 1 is 1.07 bits per heavy atom. The highest BCUT2D eigenvalue weighted by molar-refractivity contribution is 6.52. The predicted molar refractivity (Wildman–Crippen MR) is 142 cm³/mol. The molecule has 0 spiro atoms. The van der Waals surface area contributed by atoms with Crippen molar-refractivity contribution < 1.29 is 46.5 Å². The molecule has 0 saturated heterocycles. The van der Waals surface area contributed by atoms with Crippen molar-refractivity contribution >= 4 is 46.5 Å². The number of ketones is 1. The van der Waals surface area contributed by atoms with Crippen LogP contribution in [0.5, 0.6) is 11.5 Å². The molecule has 3 aromatic rings. The van der Waals surface area contributed by atoms with E-state index in [1.807, 2.05) is 0 Å². The van der Waals surface area contributed by atoms with Gasteiger partial charge in [-0.1, -0.05) is 29.3 Å². The number of rotatable bonds is 11. The first-order chi connectivity index (χ1) is 20.0. The van der Waals surface area contributed by atoms with Crippen LogP contribution < -0.4 is 19.1 Å². The summed E-state index contributed by atoms with van der Waals surface area (Å²) in [6.07, 6.45) is 2.58. The van der Waals surface area contributed by atoms with Crippen LogP contribution in [-0.2, 0) is 20.7 Å². The summed E-state index contributed by atoms with van der Waals surface area (Å²) in [4.78, 5) is 38.9. The Hall–Kier alpha value is -4.03. The molecule has 2 aromatic carbocycles. The molecule has 0 radical (unpaired) electrons. The number of hydrogen-bond acceptors (Lipinski definition) is 7. The highest BCUT2D eigenvalue weighted by Crippen LogP contribution is 2.38. The van der Waals surface area contributed by atoms with Gasteiger partial charge in [-0.2, -0.15) is 13.5 Å². The first-order valence-corrected chi connectivity index (χ1v) is 13.4. The normalized spacial score (nSPS) is 15.1. The molecule has 1 amide bonds. The Kier molecular flexibility index (Phi) is 8.46. The summed E-state index contributed by atoms with van der Waals surface area (Å²) in [5.74, 6) is -3.64. The molecule has 0 N–H and O–H groups in total. The molecule has 42 heavy (non-hydrogen) atoms. The topological polar surface area (TPSA) is 109 Å². The first kappa shape index (κ1) is 29.5. The first-order valence-electron chi connectivity index (χ1n) is 12.6. The van der Waals surface area contributed by atoms with Crippen LogP contribution in [0.15, 0.2) is 48.8 Å². The van der Waals surface area contributed by atoms with Gasteiger partial charge < -0.3 is 19.4 Å². The van der Waals surface area contributed by atoms with Crippen LogP contribution in [0.25, 0.3) is 0 Å². The molecule has 1 aliphatic carbocycles. The maximum absolute atomic E-state index is 13.9. The van der Waals surface area contributed by atoms with Crippen LogP contribution in [0, 0.1) is 16.9 Å². The Bertz CT molecular complexity index is 1550. The third-order valence-electron chi connectivity index (χ3n) is 6.67. The van der Waals surface area contributed by atoms with E-state index < -0.39 is 42.7 Å². The lowest BCUT2D eigenvalue weighted by Crippen LogP contribution is -2.36. The van der Waals surface area contributed by atoms with Crippen molar-refractivity contribution in [2.24, 2.45) is 5.92 Å². The summed E-state index contributed by atoms with van der Waals surface area (Å²) in [6.45, 7) is -3.61. The van der Waals surface area contributed by atoms with Gasteiger partial charge in [0.25, 0.3) is 11.7 Å².